The van der Waals surface area contributed by atoms with Crippen LogP contribution >= 0.6 is 0 Å². The molecular weight excluding hydrogens is 319 g/mol. The second kappa shape index (κ2) is 7.69. The number of amides is 1. The lowest BCUT2D eigenvalue weighted by atomic mass is 10.1. The molecule has 1 heterocycles. The van der Waals surface area contributed by atoms with Crippen LogP contribution in [0.2, 0.25) is 0 Å². The molecule has 1 unspecified atom stereocenters. The number of benzene rings is 1. The van der Waals surface area contributed by atoms with E-state index in [0.29, 0.717) is 18.2 Å². The number of nitro benzene ring substituents is 1. The van der Waals surface area contributed by atoms with Crippen LogP contribution in [0, 0.1) is 15.9 Å². The van der Waals surface area contributed by atoms with Gasteiger partial charge >= 0.3 is 0 Å². The quantitative estimate of drug-likeness (QED) is 0.619. The number of hydrogen-bond acceptors (Lipinski definition) is 5. The molecule has 1 atom stereocenters. The van der Waals surface area contributed by atoms with Crippen molar-refractivity contribution in [1.82, 2.24) is 5.32 Å². The van der Waals surface area contributed by atoms with Crippen molar-refractivity contribution in [2.45, 2.75) is 19.4 Å². The number of non-ortho nitro benzene ring substituents is 1. The molecule has 0 aliphatic carbocycles. The first-order chi connectivity index (χ1) is 11.5. The zero-order valence-corrected chi connectivity index (χ0v) is 13.2. The predicted molar refractivity (Wildman–Crippen MR) is 83.2 cm³/mol. The normalized spacial score (nSPS) is 12.0. The van der Waals surface area contributed by atoms with Crippen molar-refractivity contribution in [2.75, 3.05) is 13.7 Å². The van der Waals surface area contributed by atoms with E-state index in [9.17, 15) is 19.3 Å². The number of carbonyl (C=O) groups is 1. The highest BCUT2D eigenvalue weighted by atomic mass is 19.1. The van der Waals surface area contributed by atoms with Crippen LogP contribution in [-0.4, -0.2) is 24.5 Å². The van der Waals surface area contributed by atoms with Crippen LogP contribution in [0.1, 0.15) is 34.8 Å². The SMILES string of the molecule is CCc1ccc(C(COC)NC(=O)c2ccc([N+](=O)[O-])cc2F)o1. The Labute approximate surface area is 137 Å². The van der Waals surface area contributed by atoms with Crippen LogP contribution in [0.4, 0.5) is 10.1 Å². The lowest BCUT2D eigenvalue weighted by Gasteiger charge is -2.16. The van der Waals surface area contributed by atoms with Gasteiger partial charge < -0.3 is 14.5 Å². The van der Waals surface area contributed by atoms with Gasteiger partial charge in [0, 0.05) is 19.6 Å². The van der Waals surface area contributed by atoms with Gasteiger partial charge in [-0.05, 0) is 18.2 Å². The number of hydrogen-bond donors (Lipinski definition) is 1. The molecule has 1 aromatic carbocycles. The second-order valence-corrected chi connectivity index (χ2v) is 5.06. The van der Waals surface area contributed by atoms with Crippen LogP contribution in [0.3, 0.4) is 0 Å². The largest absolute Gasteiger partial charge is 0.464 e. The first kappa shape index (κ1) is 17.6. The third kappa shape index (κ3) is 3.96. The Balaban J connectivity index is 2.20. The van der Waals surface area contributed by atoms with Gasteiger partial charge in [-0.1, -0.05) is 6.92 Å². The van der Waals surface area contributed by atoms with E-state index in [2.05, 4.69) is 5.32 Å². The van der Waals surface area contributed by atoms with E-state index < -0.39 is 28.4 Å². The van der Waals surface area contributed by atoms with Crippen LogP contribution < -0.4 is 5.32 Å². The van der Waals surface area contributed by atoms with E-state index in [1.807, 2.05) is 6.92 Å². The Morgan fingerprint density at radius 1 is 1.42 bits per heavy atom. The van der Waals surface area contributed by atoms with Crippen molar-refractivity contribution in [3.8, 4) is 0 Å². The standard InChI is InChI=1S/C16H17FN2O5/c1-3-11-5-7-15(24-11)14(9-23-2)18-16(20)12-6-4-10(19(21)22)8-13(12)17/h4-8,14H,3,9H2,1-2H3,(H,18,20). The first-order valence-electron chi connectivity index (χ1n) is 7.28. The fourth-order valence-corrected chi connectivity index (χ4v) is 2.17. The van der Waals surface area contributed by atoms with E-state index >= 15 is 0 Å². The minimum atomic E-state index is -0.966. The number of furan rings is 1. The minimum Gasteiger partial charge on any atom is -0.464 e. The van der Waals surface area contributed by atoms with E-state index in [1.165, 1.54) is 7.11 Å². The number of nitro groups is 1. The van der Waals surface area contributed by atoms with E-state index in [0.717, 1.165) is 17.9 Å². The fraction of sp³-hybridized carbons (Fsp3) is 0.312. The average Bonchev–Trinajstić information content (AvgIpc) is 3.03. The number of ether oxygens (including phenoxy) is 1. The van der Waals surface area contributed by atoms with Crippen LogP contribution in [0.25, 0.3) is 0 Å². The highest BCUT2D eigenvalue weighted by molar-refractivity contribution is 5.94. The van der Waals surface area contributed by atoms with Gasteiger partial charge in [0.15, 0.2) is 0 Å². The maximum absolute atomic E-state index is 13.9. The number of halogens is 1. The number of aryl methyl sites for hydroxylation is 1. The van der Waals surface area contributed by atoms with Gasteiger partial charge in [-0.2, -0.15) is 0 Å². The molecule has 128 valence electrons. The van der Waals surface area contributed by atoms with Crippen molar-refractivity contribution in [1.29, 1.82) is 0 Å². The highest BCUT2D eigenvalue weighted by Crippen LogP contribution is 2.20. The summed E-state index contributed by atoms with van der Waals surface area (Å²) < 4.78 is 24.6. The van der Waals surface area contributed by atoms with Gasteiger partial charge in [0.2, 0.25) is 0 Å². The summed E-state index contributed by atoms with van der Waals surface area (Å²) in [5.74, 6) is -0.434. The Morgan fingerprint density at radius 3 is 2.71 bits per heavy atom. The van der Waals surface area contributed by atoms with Gasteiger partial charge in [-0.3, -0.25) is 14.9 Å². The summed E-state index contributed by atoms with van der Waals surface area (Å²) in [6.45, 7) is 2.07. The van der Waals surface area contributed by atoms with Gasteiger partial charge in [0.05, 0.1) is 23.2 Å². The number of carbonyl (C=O) groups excluding carboxylic acids is 1. The topological polar surface area (TPSA) is 94.6 Å². The molecule has 2 aromatic rings. The minimum absolute atomic E-state index is 0.136. The van der Waals surface area contributed by atoms with E-state index in [1.54, 1.807) is 12.1 Å². The van der Waals surface area contributed by atoms with Crippen molar-refractivity contribution in [2.24, 2.45) is 0 Å². The molecule has 0 saturated carbocycles. The number of nitrogens with zero attached hydrogens (tertiary/aromatic N) is 1. The molecule has 0 bridgehead atoms. The van der Waals surface area contributed by atoms with Gasteiger partial charge in [-0.15, -0.1) is 0 Å². The van der Waals surface area contributed by atoms with E-state index in [4.69, 9.17) is 9.15 Å². The van der Waals surface area contributed by atoms with Crippen molar-refractivity contribution in [3.05, 3.63) is 63.3 Å². The lowest BCUT2D eigenvalue weighted by Crippen LogP contribution is -2.31. The molecule has 0 radical (unpaired) electrons. The smallest absolute Gasteiger partial charge is 0.272 e. The molecular formula is C16H17FN2O5. The number of rotatable bonds is 7. The molecule has 24 heavy (non-hydrogen) atoms. The van der Waals surface area contributed by atoms with Crippen molar-refractivity contribution >= 4 is 11.6 Å². The van der Waals surface area contributed by atoms with Crippen molar-refractivity contribution < 1.29 is 23.3 Å². The molecule has 2 rings (SSSR count). The summed E-state index contributed by atoms with van der Waals surface area (Å²) in [6, 6.07) is 5.77. The summed E-state index contributed by atoms with van der Waals surface area (Å²) in [7, 11) is 1.47. The first-order valence-corrected chi connectivity index (χ1v) is 7.28. The van der Waals surface area contributed by atoms with Gasteiger partial charge in [-0.25, -0.2) is 4.39 Å². The zero-order chi connectivity index (χ0) is 17.7. The van der Waals surface area contributed by atoms with Crippen LogP contribution in [-0.2, 0) is 11.2 Å². The number of methoxy groups -OCH3 is 1. The fourth-order valence-electron chi connectivity index (χ4n) is 2.17. The zero-order valence-electron chi connectivity index (χ0n) is 13.2. The van der Waals surface area contributed by atoms with Crippen LogP contribution in [0.5, 0.6) is 0 Å². The molecule has 0 aliphatic rings. The van der Waals surface area contributed by atoms with Crippen LogP contribution in [0.15, 0.2) is 34.7 Å². The molecule has 8 heteroatoms. The Bertz CT molecular complexity index is 744. The predicted octanol–water partition coefficient (Wildman–Crippen LogP) is 3.01. The molecule has 7 nitrogen and oxygen atoms in total. The highest BCUT2D eigenvalue weighted by Gasteiger charge is 2.22. The molecule has 0 spiro atoms. The molecule has 0 saturated heterocycles. The summed E-state index contributed by atoms with van der Waals surface area (Å²) in [6.07, 6.45) is 0.699. The van der Waals surface area contributed by atoms with Gasteiger partial charge in [0.1, 0.15) is 23.4 Å². The summed E-state index contributed by atoms with van der Waals surface area (Å²) in [4.78, 5) is 22.2. The summed E-state index contributed by atoms with van der Waals surface area (Å²) in [5.41, 5.74) is -0.708. The Kier molecular flexibility index (Phi) is 5.64. The molecule has 1 aromatic heterocycles. The number of nitrogens with one attached hydrogen (secondary N) is 1. The second-order valence-electron chi connectivity index (χ2n) is 5.06. The monoisotopic (exact) mass is 336 g/mol. The van der Waals surface area contributed by atoms with E-state index in [-0.39, 0.29) is 12.2 Å². The molecule has 0 fully saturated rings. The molecule has 1 amide bonds. The lowest BCUT2D eigenvalue weighted by molar-refractivity contribution is -0.385. The Morgan fingerprint density at radius 2 is 2.17 bits per heavy atom. The summed E-state index contributed by atoms with van der Waals surface area (Å²) >= 11 is 0. The third-order valence-electron chi connectivity index (χ3n) is 3.42. The van der Waals surface area contributed by atoms with Gasteiger partial charge in [0.25, 0.3) is 11.6 Å². The maximum Gasteiger partial charge on any atom is 0.272 e. The maximum atomic E-state index is 13.9. The summed E-state index contributed by atoms with van der Waals surface area (Å²) in [5, 5.41) is 13.2. The average molecular weight is 336 g/mol. The Hall–Kier alpha value is -2.74. The molecule has 1 N–H and O–H groups in total. The molecule has 0 aliphatic heterocycles. The van der Waals surface area contributed by atoms with Crippen molar-refractivity contribution in [3.63, 3.8) is 0 Å². The third-order valence-corrected chi connectivity index (χ3v) is 3.42.